The molecule has 5 rings (SSSR count). The summed E-state index contributed by atoms with van der Waals surface area (Å²) in [6, 6.07) is 7.86. The topological polar surface area (TPSA) is 92.5 Å². The van der Waals surface area contributed by atoms with Gasteiger partial charge in [-0.3, -0.25) is 14.5 Å². The minimum atomic E-state index is -0.673. The Morgan fingerprint density at radius 3 is 2.63 bits per heavy atom. The molecule has 1 N–H and O–H groups in total. The lowest BCUT2D eigenvalue weighted by Crippen LogP contribution is -2.38. The number of amides is 1. The van der Waals surface area contributed by atoms with Gasteiger partial charge in [0.25, 0.3) is 5.91 Å². The third-order valence-electron chi connectivity index (χ3n) is 6.49. The summed E-state index contributed by atoms with van der Waals surface area (Å²) in [4.78, 5) is 31.3. The number of fused-ring (bicyclic) bond motifs is 2. The van der Waals surface area contributed by atoms with Crippen LogP contribution in [-0.4, -0.2) is 67.3 Å². The van der Waals surface area contributed by atoms with E-state index < -0.39 is 6.04 Å². The van der Waals surface area contributed by atoms with Gasteiger partial charge in [-0.15, -0.1) is 0 Å². The number of aromatic hydroxyl groups is 1. The van der Waals surface area contributed by atoms with E-state index in [2.05, 4.69) is 36.8 Å². The number of methoxy groups -OCH3 is 1. The molecule has 2 aliphatic rings. The second-order valence-electron chi connectivity index (χ2n) is 8.58. The lowest BCUT2D eigenvalue weighted by atomic mass is 9.98. The van der Waals surface area contributed by atoms with E-state index in [9.17, 15) is 14.7 Å². The van der Waals surface area contributed by atoms with Gasteiger partial charge < -0.3 is 23.9 Å². The molecule has 1 aromatic heterocycles. The number of carbonyl (C=O) groups is 1. The summed E-state index contributed by atoms with van der Waals surface area (Å²) in [6.45, 7) is 4.39. The van der Waals surface area contributed by atoms with Gasteiger partial charge >= 0.3 is 0 Å². The maximum atomic E-state index is 13.7. The van der Waals surface area contributed by atoms with Crippen molar-refractivity contribution in [3.8, 4) is 11.5 Å². The molecule has 0 spiro atoms. The molecule has 1 saturated heterocycles. The zero-order valence-electron chi connectivity index (χ0n) is 19.1. The molecule has 35 heavy (non-hydrogen) atoms. The SMILES string of the molecule is COc1cc(C2c3c(oc4ccc(Br)cc4c3=O)C(=O)N2CCCN2CCOCC2)cc(Br)c1O. The van der Waals surface area contributed by atoms with Crippen LogP contribution in [0, 0.1) is 0 Å². The van der Waals surface area contributed by atoms with Crippen LogP contribution in [0.2, 0.25) is 0 Å². The molecule has 3 heterocycles. The van der Waals surface area contributed by atoms with Crippen LogP contribution in [-0.2, 0) is 4.74 Å². The molecule has 2 aromatic carbocycles. The van der Waals surface area contributed by atoms with Crippen LogP contribution in [0.15, 0.2) is 48.5 Å². The van der Waals surface area contributed by atoms with Crippen molar-refractivity contribution >= 4 is 48.7 Å². The molecule has 0 saturated carbocycles. The fourth-order valence-corrected chi connectivity index (χ4v) is 5.59. The molecule has 0 radical (unpaired) electrons. The number of hydrogen-bond acceptors (Lipinski definition) is 7. The van der Waals surface area contributed by atoms with Crippen molar-refractivity contribution in [2.75, 3.05) is 46.5 Å². The van der Waals surface area contributed by atoms with Gasteiger partial charge in [0.1, 0.15) is 5.58 Å². The molecule has 2 aliphatic heterocycles. The highest BCUT2D eigenvalue weighted by atomic mass is 79.9. The number of phenols is 1. The van der Waals surface area contributed by atoms with E-state index in [4.69, 9.17) is 13.9 Å². The standard InChI is InChI=1S/C25H24Br2N2O6/c1-33-19-12-14(11-17(27)23(19)31)21-20-22(30)16-13-15(26)3-4-18(16)35-24(20)25(32)29(21)6-2-5-28-7-9-34-10-8-28/h3-4,11-13,21,31H,2,5-10H2,1H3. The number of rotatable bonds is 6. The molecule has 3 aromatic rings. The van der Waals surface area contributed by atoms with Crippen LogP contribution in [0.1, 0.15) is 34.1 Å². The lowest BCUT2D eigenvalue weighted by Gasteiger charge is -2.29. The summed E-state index contributed by atoms with van der Waals surface area (Å²) in [5, 5.41) is 10.7. The number of carbonyl (C=O) groups excluding carboxylic acids is 1. The maximum absolute atomic E-state index is 13.7. The second-order valence-corrected chi connectivity index (χ2v) is 10.3. The summed E-state index contributed by atoms with van der Waals surface area (Å²) in [5.74, 6) is -0.0629. The minimum Gasteiger partial charge on any atom is -0.503 e. The van der Waals surface area contributed by atoms with Gasteiger partial charge in [0, 0.05) is 30.7 Å². The largest absolute Gasteiger partial charge is 0.503 e. The molecule has 8 nitrogen and oxygen atoms in total. The Morgan fingerprint density at radius 2 is 1.89 bits per heavy atom. The van der Waals surface area contributed by atoms with Gasteiger partial charge in [-0.05, 0) is 58.2 Å². The number of benzene rings is 2. The highest BCUT2D eigenvalue weighted by molar-refractivity contribution is 9.10. The number of nitrogens with zero attached hydrogens (tertiary/aromatic N) is 2. The van der Waals surface area contributed by atoms with E-state index >= 15 is 0 Å². The van der Waals surface area contributed by atoms with Crippen LogP contribution >= 0.6 is 31.9 Å². The van der Waals surface area contributed by atoms with Crippen LogP contribution in [0.3, 0.4) is 0 Å². The van der Waals surface area contributed by atoms with E-state index in [1.807, 2.05) is 0 Å². The summed E-state index contributed by atoms with van der Waals surface area (Å²) < 4.78 is 17.9. The molecule has 1 atom stereocenters. The number of phenolic OH excluding ortho intramolecular Hbond substituents is 1. The molecule has 184 valence electrons. The van der Waals surface area contributed by atoms with Crippen LogP contribution in [0.4, 0.5) is 0 Å². The predicted octanol–water partition coefficient (Wildman–Crippen LogP) is 4.30. The van der Waals surface area contributed by atoms with E-state index in [-0.39, 0.29) is 28.6 Å². The van der Waals surface area contributed by atoms with Gasteiger partial charge in [-0.1, -0.05) is 15.9 Å². The average Bonchev–Trinajstić information content (AvgIpc) is 3.14. The smallest absolute Gasteiger partial charge is 0.290 e. The molecule has 1 amide bonds. The van der Waals surface area contributed by atoms with Crippen LogP contribution < -0.4 is 10.2 Å². The zero-order valence-corrected chi connectivity index (χ0v) is 22.2. The van der Waals surface area contributed by atoms with Crippen molar-refractivity contribution in [3.05, 3.63) is 66.4 Å². The van der Waals surface area contributed by atoms with Crippen molar-refractivity contribution in [3.63, 3.8) is 0 Å². The van der Waals surface area contributed by atoms with Crippen LogP contribution in [0.25, 0.3) is 11.0 Å². The van der Waals surface area contributed by atoms with Crippen molar-refractivity contribution in [1.29, 1.82) is 0 Å². The monoisotopic (exact) mass is 606 g/mol. The normalized spacial score (nSPS) is 18.3. The predicted molar refractivity (Wildman–Crippen MR) is 137 cm³/mol. The fourth-order valence-electron chi connectivity index (χ4n) is 4.77. The van der Waals surface area contributed by atoms with E-state index in [1.165, 1.54) is 7.11 Å². The molecular formula is C25H24Br2N2O6. The molecule has 0 aliphatic carbocycles. The quantitative estimate of drug-likeness (QED) is 0.447. The molecule has 1 fully saturated rings. The van der Waals surface area contributed by atoms with E-state index in [0.29, 0.717) is 46.3 Å². The average molecular weight is 608 g/mol. The molecule has 10 heteroatoms. The first kappa shape index (κ1) is 24.3. The van der Waals surface area contributed by atoms with Gasteiger partial charge in [0.2, 0.25) is 5.76 Å². The van der Waals surface area contributed by atoms with E-state index in [0.717, 1.165) is 30.5 Å². The summed E-state index contributed by atoms with van der Waals surface area (Å²) in [5.41, 5.74) is 1.06. The summed E-state index contributed by atoms with van der Waals surface area (Å²) in [6.07, 6.45) is 0.728. The number of hydrogen-bond donors (Lipinski definition) is 1. The van der Waals surface area contributed by atoms with Gasteiger partial charge in [0.05, 0.1) is 41.8 Å². The Balaban J connectivity index is 1.59. The molecular weight excluding hydrogens is 584 g/mol. The highest BCUT2D eigenvalue weighted by Gasteiger charge is 2.43. The molecule has 1 unspecified atom stereocenters. The third kappa shape index (κ3) is 4.48. The van der Waals surface area contributed by atoms with Crippen molar-refractivity contribution in [2.45, 2.75) is 12.5 Å². The number of halogens is 2. The first-order valence-electron chi connectivity index (χ1n) is 11.3. The van der Waals surface area contributed by atoms with Gasteiger partial charge in [-0.25, -0.2) is 0 Å². The first-order valence-corrected chi connectivity index (χ1v) is 12.9. The zero-order chi connectivity index (χ0) is 24.7. The Bertz CT molecular complexity index is 1350. The first-order chi connectivity index (χ1) is 16.9. The van der Waals surface area contributed by atoms with Gasteiger partial charge in [-0.2, -0.15) is 0 Å². The Kier molecular flexibility index (Phi) is 6.89. The second kappa shape index (κ2) is 9.93. The molecule has 0 bridgehead atoms. The Labute approximate surface area is 218 Å². The highest BCUT2D eigenvalue weighted by Crippen LogP contribution is 2.43. The summed E-state index contributed by atoms with van der Waals surface area (Å²) in [7, 11) is 1.46. The van der Waals surface area contributed by atoms with Gasteiger partial charge in [0.15, 0.2) is 16.9 Å². The third-order valence-corrected chi connectivity index (χ3v) is 7.59. The Morgan fingerprint density at radius 1 is 1.11 bits per heavy atom. The van der Waals surface area contributed by atoms with Crippen molar-refractivity contribution in [2.24, 2.45) is 0 Å². The Hall–Kier alpha value is -2.40. The number of morpholine rings is 1. The minimum absolute atomic E-state index is 0.0471. The lowest BCUT2D eigenvalue weighted by molar-refractivity contribution is 0.0353. The van der Waals surface area contributed by atoms with Crippen molar-refractivity contribution < 1.29 is 23.8 Å². The van der Waals surface area contributed by atoms with Crippen molar-refractivity contribution in [1.82, 2.24) is 9.80 Å². The maximum Gasteiger partial charge on any atom is 0.290 e. The fraction of sp³-hybridized carbons (Fsp3) is 0.360. The number of ether oxygens (including phenoxy) is 2. The van der Waals surface area contributed by atoms with Crippen LogP contribution in [0.5, 0.6) is 11.5 Å². The summed E-state index contributed by atoms with van der Waals surface area (Å²) >= 11 is 6.79. The van der Waals surface area contributed by atoms with E-state index in [1.54, 1.807) is 35.2 Å².